The van der Waals surface area contributed by atoms with Crippen LogP contribution in [0.2, 0.25) is 0 Å². The van der Waals surface area contributed by atoms with Gasteiger partial charge in [-0.3, -0.25) is 0 Å². The highest BCUT2D eigenvalue weighted by molar-refractivity contribution is 7.80. The minimum absolute atomic E-state index is 0. The van der Waals surface area contributed by atoms with E-state index in [4.69, 9.17) is 0 Å². The lowest BCUT2D eigenvalue weighted by Gasteiger charge is -1.98. The van der Waals surface area contributed by atoms with Crippen molar-refractivity contribution < 1.29 is 0 Å². The molecule has 1 aromatic carbocycles. The van der Waals surface area contributed by atoms with Crippen molar-refractivity contribution in [3.05, 3.63) is 35.9 Å². The molecule has 0 fully saturated rings. The first-order valence-corrected chi connectivity index (χ1v) is 3.92. The van der Waals surface area contributed by atoms with E-state index in [2.05, 4.69) is 30.1 Å². The summed E-state index contributed by atoms with van der Waals surface area (Å²) in [5.74, 6) is 0.731. The predicted molar refractivity (Wildman–Crippen MR) is 54.4 cm³/mol. The fraction of sp³-hybridized carbons (Fsp3) is 0.250. The minimum Gasteiger partial charge on any atom is -0.304 e. The van der Waals surface area contributed by atoms with Crippen LogP contribution in [0.1, 0.15) is 5.56 Å². The summed E-state index contributed by atoms with van der Waals surface area (Å²) in [5.41, 5.74) is 1.30. The summed E-state index contributed by atoms with van der Waals surface area (Å²) in [6.07, 6.45) is 0. The van der Waals surface area contributed by atoms with E-state index in [9.17, 15) is 0 Å². The molecule has 0 radical (unpaired) electrons. The van der Waals surface area contributed by atoms with Crippen LogP contribution in [0.15, 0.2) is 30.3 Å². The molecule has 3 heteroatoms. The molecule has 0 aromatic heterocycles. The van der Waals surface area contributed by atoms with E-state index in [-0.39, 0.29) is 12.4 Å². The summed E-state index contributed by atoms with van der Waals surface area (Å²) < 4.78 is 0. The Kier molecular flexibility index (Phi) is 6.42. The first-order valence-electron chi connectivity index (χ1n) is 3.29. The Labute approximate surface area is 79.0 Å². The van der Waals surface area contributed by atoms with E-state index in [1.807, 2.05) is 18.2 Å². The zero-order valence-electron chi connectivity index (χ0n) is 6.16. The van der Waals surface area contributed by atoms with Crippen LogP contribution in [0.25, 0.3) is 0 Å². The van der Waals surface area contributed by atoms with Gasteiger partial charge in [-0.2, -0.15) is 12.6 Å². The van der Waals surface area contributed by atoms with Crippen LogP contribution < -0.4 is 5.32 Å². The van der Waals surface area contributed by atoms with E-state index in [1.54, 1.807) is 0 Å². The maximum Gasteiger partial charge on any atom is 0.0390 e. The van der Waals surface area contributed by atoms with Gasteiger partial charge in [0.1, 0.15) is 0 Å². The lowest BCUT2D eigenvalue weighted by atomic mass is 10.2. The zero-order chi connectivity index (χ0) is 7.23. The van der Waals surface area contributed by atoms with Gasteiger partial charge in [-0.05, 0) is 5.56 Å². The van der Waals surface area contributed by atoms with Crippen molar-refractivity contribution in [2.75, 3.05) is 5.88 Å². The van der Waals surface area contributed by atoms with Crippen molar-refractivity contribution in [3.63, 3.8) is 0 Å². The molecule has 0 heterocycles. The summed E-state index contributed by atoms with van der Waals surface area (Å²) in [6, 6.07) is 10.3. The molecule has 62 valence electrons. The second-order valence-electron chi connectivity index (χ2n) is 2.07. The molecule has 1 rings (SSSR count). The fourth-order valence-electron chi connectivity index (χ4n) is 0.796. The molecule has 0 aliphatic heterocycles. The third-order valence-corrected chi connectivity index (χ3v) is 1.51. The maximum atomic E-state index is 4.04. The smallest absolute Gasteiger partial charge is 0.0390 e. The summed E-state index contributed by atoms with van der Waals surface area (Å²) in [6.45, 7) is 0.907. The molecule has 0 spiro atoms. The highest BCUT2D eigenvalue weighted by Gasteiger charge is 1.85. The van der Waals surface area contributed by atoms with Crippen LogP contribution in [-0.2, 0) is 6.54 Å². The molecular formula is C8H12ClNS. The van der Waals surface area contributed by atoms with Gasteiger partial charge in [-0.1, -0.05) is 30.3 Å². The van der Waals surface area contributed by atoms with Gasteiger partial charge in [-0.15, -0.1) is 12.4 Å². The maximum absolute atomic E-state index is 4.04. The second-order valence-corrected chi connectivity index (χ2v) is 2.39. The molecular weight excluding hydrogens is 178 g/mol. The van der Waals surface area contributed by atoms with Gasteiger partial charge in [0.25, 0.3) is 0 Å². The van der Waals surface area contributed by atoms with E-state index in [0.29, 0.717) is 0 Å². The lowest BCUT2D eigenvalue weighted by Crippen LogP contribution is -2.09. The molecule has 0 aliphatic carbocycles. The average Bonchev–Trinajstić information content (AvgIpc) is 2.03. The molecule has 1 nitrogen and oxygen atoms in total. The van der Waals surface area contributed by atoms with Crippen molar-refractivity contribution in [3.8, 4) is 0 Å². The van der Waals surface area contributed by atoms with Crippen LogP contribution >= 0.6 is 25.0 Å². The monoisotopic (exact) mass is 189 g/mol. The molecule has 1 aromatic rings. The number of rotatable bonds is 3. The molecule has 0 amide bonds. The summed E-state index contributed by atoms with van der Waals surface area (Å²) >= 11 is 4.04. The largest absolute Gasteiger partial charge is 0.304 e. The molecule has 0 atom stereocenters. The van der Waals surface area contributed by atoms with Crippen LogP contribution in [0, 0.1) is 0 Å². The van der Waals surface area contributed by atoms with Crippen molar-refractivity contribution >= 4 is 25.0 Å². The van der Waals surface area contributed by atoms with E-state index >= 15 is 0 Å². The topological polar surface area (TPSA) is 12.0 Å². The molecule has 0 bridgehead atoms. The molecule has 11 heavy (non-hydrogen) atoms. The highest BCUT2D eigenvalue weighted by Crippen LogP contribution is 1.96. The Balaban J connectivity index is 0.000001000. The van der Waals surface area contributed by atoms with Gasteiger partial charge in [0.2, 0.25) is 0 Å². The normalized spacial score (nSPS) is 8.82. The zero-order valence-corrected chi connectivity index (χ0v) is 7.87. The van der Waals surface area contributed by atoms with Crippen LogP contribution in [0.3, 0.4) is 0 Å². The standard InChI is InChI=1S/C8H11NS.ClH/c10-7-9-6-8-4-2-1-3-5-8;/h1-5,9-10H,6-7H2;1H. The van der Waals surface area contributed by atoms with Gasteiger partial charge >= 0.3 is 0 Å². The Hall–Kier alpha value is -0.180. The summed E-state index contributed by atoms with van der Waals surface area (Å²) in [7, 11) is 0. The van der Waals surface area contributed by atoms with E-state index < -0.39 is 0 Å². The van der Waals surface area contributed by atoms with Crippen molar-refractivity contribution in [1.82, 2.24) is 5.32 Å². The van der Waals surface area contributed by atoms with Gasteiger partial charge in [0.15, 0.2) is 0 Å². The van der Waals surface area contributed by atoms with Crippen LogP contribution in [0.4, 0.5) is 0 Å². The molecule has 1 N–H and O–H groups in total. The number of thiol groups is 1. The summed E-state index contributed by atoms with van der Waals surface area (Å²) in [5, 5.41) is 3.13. The SMILES string of the molecule is Cl.SCNCc1ccccc1. The Morgan fingerprint density at radius 1 is 1.18 bits per heavy atom. The fourth-order valence-corrected chi connectivity index (χ4v) is 0.908. The van der Waals surface area contributed by atoms with Crippen LogP contribution in [-0.4, -0.2) is 5.88 Å². The van der Waals surface area contributed by atoms with Gasteiger partial charge in [-0.25, -0.2) is 0 Å². The molecule has 0 saturated heterocycles. The third-order valence-electron chi connectivity index (χ3n) is 1.28. The van der Waals surface area contributed by atoms with Gasteiger partial charge in [0.05, 0.1) is 0 Å². The van der Waals surface area contributed by atoms with E-state index in [1.165, 1.54) is 5.56 Å². The summed E-state index contributed by atoms with van der Waals surface area (Å²) in [4.78, 5) is 0. The van der Waals surface area contributed by atoms with Crippen molar-refractivity contribution in [1.29, 1.82) is 0 Å². The Morgan fingerprint density at radius 3 is 2.36 bits per heavy atom. The first-order chi connectivity index (χ1) is 4.93. The highest BCUT2D eigenvalue weighted by atomic mass is 35.5. The van der Waals surface area contributed by atoms with Gasteiger partial charge in [0, 0.05) is 12.4 Å². The number of benzene rings is 1. The molecule has 0 saturated carbocycles. The van der Waals surface area contributed by atoms with Gasteiger partial charge < -0.3 is 5.32 Å². The van der Waals surface area contributed by atoms with Crippen molar-refractivity contribution in [2.45, 2.75) is 6.54 Å². The molecule has 0 unspecified atom stereocenters. The van der Waals surface area contributed by atoms with Crippen molar-refractivity contribution in [2.24, 2.45) is 0 Å². The Morgan fingerprint density at radius 2 is 1.82 bits per heavy atom. The minimum atomic E-state index is 0. The first kappa shape index (κ1) is 10.8. The average molecular weight is 190 g/mol. The quantitative estimate of drug-likeness (QED) is 0.548. The number of halogens is 1. The number of hydrogen-bond donors (Lipinski definition) is 2. The lowest BCUT2D eigenvalue weighted by molar-refractivity contribution is 0.799. The Bertz CT molecular complexity index is 179. The predicted octanol–water partition coefficient (Wildman–Crippen LogP) is 2.09. The third kappa shape index (κ3) is 4.30. The number of nitrogens with one attached hydrogen (secondary N) is 1. The second kappa shape index (κ2) is 6.53. The molecule has 0 aliphatic rings. The number of hydrogen-bond acceptors (Lipinski definition) is 2. The van der Waals surface area contributed by atoms with Crippen LogP contribution in [0.5, 0.6) is 0 Å². The van der Waals surface area contributed by atoms with E-state index in [0.717, 1.165) is 12.4 Å².